The van der Waals surface area contributed by atoms with E-state index in [0.717, 1.165) is 16.3 Å². The van der Waals surface area contributed by atoms with E-state index in [0.29, 0.717) is 11.3 Å². The van der Waals surface area contributed by atoms with Gasteiger partial charge in [0, 0.05) is 5.56 Å². The molecule has 3 rings (SSSR count). The number of rotatable bonds is 8. The highest BCUT2D eigenvalue weighted by molar-refractivity contribution is 5.96. The average Bonchev–Trinajstić information content (AvgIpc) is 2.80. The van der Waals surface area contributed by atoms with E-state index in [1.165, 1.54) is 7.11 Å². The summed E-state index contributed by atoms with van der Waals surface area (Å²) in [5.41, 5.74) is 1.36. The van der Waals surface area contributed by atoms with Gasteiger partial charge in [-0.05, 0) is 47.5 Å². The summed E-state index contributed by atoms with van der Waals surface area (Å²) >= 11 is 0. The number of hydrogen-bond acceptors (Lipinski definition) is 5. The highest BCUT2D eigenvalue weighted by atomic mass is 16.5. The Labute approximate surface area is 180 Å². The molecule has 31 heavy (non-hydrogen) atoms. The number of hydrogen-bond donors (Lipinski definition) is 2. The molecule has 7 nitrogen and oxygen atoms in total. The van der Waals surface area contributed by atoms with Gasteiger partial charge < -0.3 is 20.1 Å². The third-order valence-electron chi connectivity index (χ3n) is 4.78. The molecule has 160 valence electrons. The molecule has 0 radical (unpaired) electrons. The van der Waals surface area contributed by atoms with Gasteiger partial charge in [0.2, 0.25) is 0 Å². The number of amides is 2. The zero-order valence-corrected chi connectivity index (χ0v) is 17.4. The Morgan fingerprint density at radius 1 is 0.935 bits per heavy atom. The van der Waals surface area contributed by atoms with Crippen LogP contribution in [0.1, 0.15) is 28.9 Å². The summed E-state index contributed by atoms with van der Waals surface area (Å²) in [6.07, 6.45) is 0. The maximum absolute atomic E-state index is 12.2. The molecule has 3 aromatic rings. The maximum Gasteiger partial charge on any atom is 0.325 e. The summed E-state index contributed by atoms with van der Waals surface area (Å²) in [7, 11) is 1.53. The molecule has 3 aromatic carbocycles. The van der Waals surface area contributed by atoms with Gasteiger partial charge in [0.1, 0.15) is 12.3 Å². The first-order valence-corrected chi connectivity index (χ1v) is 9.83. The molecule has 0 saturated heterocycles. The van der Waals surface area contributed by atoms with E-state index in [9.17, 15) is 14.4 Å². The SMILES string of the molecule is COc1ccc(C(=O)NCC(=O)OCC(=O)N[C@@H](C)c2cccc3ccccc23)cc1. The fourth-order valence-electron chi connectivity index (χ4n) is 3.18. The van der Waals surface area contributed by atoms with Crippen LogP contribution < -0.4 is 15.4 Å². The Kier molecular flexibility index (Phi) is 7.22. The molecule has 0 unspecified atom stereocenters. The van der Waals surface area contributed by atoms with Crippen LogP contribution in [0.4, 0.5) is 0 Å². The van der Waals surface area contributed by atoms with Gasteiger partial charge in [-0.15, -0.1) is 0 Å². The smallest absolute Gasteiger partial charge is 0.325 e. The normalized spacial score (nSPS) is 11.4. The minimum absolute atomic E-state index is 0.257. The zero-order valence-electron chi connectivity index (χ0n) is 17.4. The minimum Gasteiger partial charge on any atom is -0.497 e. The highest BCUT2D eigenvalue weighted by Crippen LogP contribution is 2.23. The Morgan fingerprint density at radius 3 is 2.39 bits per heavy atom. The van der Waals surface area contributed by atoms with Crippen molar-refractivity contribution in [3.8, 4) is 5.75 Å². The fourth-order valence-corrected chi connectivity index (χ4v) is 3.18. The molecule has 7 heteroatoms. The Balaban J connectivity index is 1.45. The molecule has 0 bridgehead atoms. The third-order valence-corrected chi connectivity index (χ3v) is 4.78. The van der Waals surface area contributed by atoms with Gasteiger partial charge >= 0.3 is 5.97 Å². The van der Waals surface area contributed by atoms with Crippen LogP contribution in [0.5, 0.6) is 5.75 Å². The van der Waals surface area contributed by atoms with Crippen LogP contribution in [0.15, 0.2) is 66.7 Å². The van der Waals surface area contributed by atoms with Crippen LogP contribution in [-0.2, 0) is 14.3 Å². The maximum atomic E-state index is 12.2. The van der Waals surface area contributed by atoms with Gasteiger partial charge in [-0.3, -0.25) is 14.4 Å². The molecule has 0 heterocycles. The first-order valence-electron chi connectivity index (χ1n) is 9.83. The fraction of sp³-hybridized carbons (Fsp3) is 0.208. The molecule has 0 fully saturated rings. The Hall–Kier alpha value is -3.87. The molecule has 0 aliphatic rings. The van der Waals surface area contributed by atoms with Crippen molar-refractivity contribution in [3.63, 3.8) is 0 Å². The van der Waals surface area contributed by atoms with E-state index in [2.05, 4.69) is 10.6 Å². The van der Waals surface area contributed by atoms with E-state index in [-0.39, 0.29) is 12.6 Å². The standard InChI is InChI=1S/C24H24N2O5/c1-16(20-9-5-7-17-6-3-4-8-21(17)20)26-22(27)15-31-23(28)14-25-24(29)18-10-12-19(30-2)13-11-18/h3-13,16H,14-15H2,1-2H3,(H,25,29)(H,26,27)/t16-/m0/s1. The van der Waals surface area contributed by atoms with Gasteiger partial charge in [-0.25, -0.2) is 0 Å². The predicted molar refractivity (Wildman–Crippen MR) is 117 cm³/mol. The number of esters is 1. The van der Waals surface area contributed by atoms with Crippen molar-refractivity contribution in [1.82, 2.24) is 10.6 Å². The second-order valence-electron chi connectivity index (χ2n) is 6.93. The lowest BCUT2D eigenvalue weighted by Crippen LogP contribution is -2.34. The number of carbonyl (C=O) groups excluding carboxylic acids is 3. The van der Waals surface area contributed by atoms with Crippen molar-refractivity contribution < 1.29 is 23.9 Å². The molecule has 2 N–H and O–H groups in total. The molecule has 0 aliphatic heterocycles. The predicted octanol–water partition coefficient (Wildman–Crippen LogP) is 3.00. The average molecular weight is 420 g/mol. The van der Waals surface area contributed by atoms with E-state index in [4.69, 9.17) is 9.47 Å². The minimum atomic E-state index is -0.699. The Morgan fingerprint density at radius 2 is 1.65 bits per heavy atom. The molecule has 0 saturated carbocycles. The van der Waals surface area contributed by atoms with Crippen molar-refractivity contribution in [3.05, 3.63) is 77.9 Å². The summed E-state index contributed by atoms with van der Waals surface area (Å²) in [6.45, 7) is 1.11. The summed E-state index contributed by atoms with van der Waals surface area (Å²) in [5, 5.41) is 7.43. The first kappa shape index (κ1) is 21.8. The lowest BCUT2D eigenvalue weighted by molar-refractivity contribution is -0.147. The van der Waals surface area contributed by atoms with Crippen molar-refractivity contribution in [2.75, 3.05) is 20.3 Å². The summed E-state index contributed by atoms with van der Waals surface area (Å²) < 4.78 is 10.00. The molecular formula is C24H24N2O5. The molecular weight excluding hydrogens is 396 g/mol. The van der Waals surface area contributed by atoms with Crippen LogP contribution >= 0.6 is 0 Å². The lowest BCUT2D eigenvalue weighted by atomic mass is 10.00. The quantitative estimate of drug-likeness (QED) is 0.547. The van der Waals surface area contributed by atoms with E-state index in [1.807, 2.05) is 49.4 Å². The molecule has 0 aromatic heterocycles. The summed E-state index contributed by atoms with van der Waals surface area (Å²) in [6, 6.07) is 20.0. The number of ether oxygens (including phenoxy) is 2. The number of methoxy groups -OCH3 is 1. The van der Waals surface area contributed by atoms with E-state index < -0.39 is 24.4 Å². The topological polar surface area (TPSA) is 93.7 Å². The second kappa shape index (κ2) is 10.2. The zero-order chi connectivity index (χ0) is 22.2. The van der Waals surface area contributed by atoms with Crippen molar-refractivity contribution in [2.45, 2.75) is 13.0 Å². The summed E-state index contributed by atoms with van der Waals surface area (Å²) in [5.74, 6) is -0.918. The van der Waals surface area contributed by atoms with Crippen molar-refractivity contribution >= 4 is 28.6 Å². The van der Waals surface area contributed by atoms with Crippen LogP contribution in [0.3, 0.4) is 0 Å². The van der Waals surface area contributed by atoms with Crippen molar-refractivity contribution in [1.29, 1.82) is 0 Å². The third kappa shape index (κ3) is 5.82. The van der Waals surface area contributed by atoms with Crippen molar-refractivity contribution in [2.24, 2.45) is 0 Å². The van der Waals surface area contributed by atoms with Crippen LogP contribution in [0.25, 0.3) is 10.8 Å². The number of fused-ring (bicyclic) bond motifs is 1. The number of nitrogens with one attached hydrogen (secondary N) is 2. The summed E-state index contributed by atoms with van der Waals surface area (Å²) in [4.78, 5) is 36.1. The largest absolute Gasteiger partial charge is 0.497 e. The van der Waals surface area contributed by atoms with E-state index in [1.54, 1.807) is 24.3 Å². The van der Waals surface area contributed by atoms with Crippen LogP contribution in [0, 0.1) is 0 Å². The van der Waals surface area contributed by atoms with Gasteiger partial charge in [0.05, 0.1) is 13.2 Å². The molecule has 2 amide bonds. The van der Waals surface area contributed by atoms with E-state index >= 15 is 0 Å². The highest BCUT2D eigenvalue weighted by Gasteiger charge is 2.15. The first-order chi connectivity index (χ1) is 15.0. The van der Waals surface area contributed by atoms with Gasteiger partial charge in [-0.2, -0.15) is 0 Å². The molecule has 0 spiro atoms. The van der Waals surface area contributed by atoms with Gasteiger partial charge in [-0.1, -0.05) is 42.5 Å². The lowest BCUT2D eigenvalue weighted by Gasteiger charge is -2.16. The number of benzene rings is 3. The Bertz CT molecular complexity index is 1070. The van der Waals surface area contributed by atoms with Gasteiger partial charge in [0.25, 0.3) is 11.8 Å². The van der Waals surface area contributed by atoms with Crippen LogP contribution in [0.2, 0.25) is 0 Å². The van der Waals surface area contributed by atoms with Crippen LogP contribution in [-0.4, -0.2) is 38.0 Å². The monoisotopic (exact) mass is 420 g/mol. The molecule has 0 aliphatic carbocycles. The second-order valence-corrected chi connectivity index (χ2v) is 6.93. The van der Waals surface area contributed by atoms with Gasteiger partial charge in [0.15, 0.2) is 6.61 Å². The number of carbonyl (C=O) groups is 3. The molecule has 1 atom stereocenters.